The third kappa shape index (κ3) is 4.80. The molecule has 1 aromatic heterocycles. The van der Waals surface area contributed by atoms with Gasteiger partial charge in [-0.1, -0.05) is 0 Å². The molecule has 2 fully saturated rings. The molecule has 0 aromatic carbocycles. The Hall–Kier alpha value is -1.99. The number of likely N-dealkylation sites (N-methyl/N-ethyl adjacent to an activating group) is 1. The lowest BCUT2D eigenvalue weighted by Gasteiger charge is -2.35. The second-order valence-corrected chi connectivity index (χ2v) is 7.50. The SMILES string of the molecule is CN(C)CCN1CC(C(=O)N2CCN(Cc3ccncc3)CC2)CC1=O. The largest absolute Gasteiger partial charge is 0.341 e. The first-order valence-corrected chi connectivity index (χ1v) is 9.35. The Morgan fingerprint density at radius 3 is 2.54 bits per heavy atom. The van der Waals surface area contributed by atoms with E-state index in [0.717, 1.165) is 39.3 Å². The molecule has 2 aliphatic rings. The van der Waals surface area contributed by atoms with Gasteiger partial charge in [0.1, 0.15) is 0 Å². The van der Waals surface area contributed by atoms with Crippen molar-refractivity contribution in [2.24, 2.45) is 5.92 Å². The van der Waals surface area contributed by atoms with E-state index in [1.807, 2.05) is 48.4 Å². The summed E-state index contributed by atoms with van der Waals surface area (Å²) >= 11 is 0. The number of likely N-dealkylation sites (tertiary alicyclic amines) is 1. The Bertz CT molecular complexity index is 614. The number of carbonyl (C=O) groups is 2. The summed E-state index contributed by atoms with van der Waals surface area (Å²) < 4.78 is 0. The molecule has 2 saturated heterocycles. The zero-order valence-corrected chi connectivity index (χ0v) is 15.8. The molecule has 3 heterocycles. The molecule has 2 amide bonds. The van der Waals surface area contributed by atoms with Gasteiger partial charge in [0.05, 0.1) is 5.92 Å². The molecular formula is C19H29N5O2. The zero-order valence-electron chi connectivity index (χ0n) is 15.8. The van der Waals surface area contributed by atoms with Crippen molar-refractivity contribution in [3.63, 3.8) is 0 Å². The van der Waals surface area contributed by atoms with E-state index in [1.54, 1.807) is 0 Å². The molecule has 142 valence electrons. The quantitative estimate of drug-likeness (QED) is 0.723. The monoisotopic (exact) mass is 359 g/mol. The van der Waals surface area contributed by atoms with Crippen LogP contribution in [0.25, 0.3) is 0 Å². The van der Waals surface area contributed by atoms with Crippen molar-refractivity contribution in [1.82, 2.24) is 24.6 Å². The molecule has 7 nitrogen and oxygen atoms in total. The Balaban J connectivity index is 1.46. The van der Waals surface area contributed by atoms with Gasteiger partial charge >= 0.3 is 0 Å². The van der Waals surface area contributed by atoms with Crippen LogP contribution < -0.4 is 0 Å². The van der Waals surface area contributed by atoms with Crippen molar-refractivity contribution in [1.29, 1.82) is 0 Å². The Kier molecular flexibility index (Phi) is 6.21. The highest BCUT2D eigenvalue weighted by Gasteiger charge is 2.37. The molecule has 0 N–H and O–H groups in total. The summed E-state index contributed by atoms with van der Waals surface area (Å²) in [7, 11) is 3.99. The molecule has 3 rings (SSSR count). The molecular weight excluding hydrogens is 330 g/mol. The summed E-state index contributed by atoms with van der Waals surface area (Å²) in [5.41, 5.74) is 1.25. The van der Waals surface area contributed by atoms with Crippen LogP contribution in [0.15, 0.2) is 24.5 Å². The maximum atomic E-state index is 12.8. The van der Waals surface area contributed by atoms with Gasteiger partial charge in [0.2, 0.25) is 11.8 Å². The van der Waals surface area contributed by atoms with E-state index in [0.29, 0.717) is 19.5 Å². The van der Waals surface area contributed by atoms with Crippen molar-refractivity contribution in [2.75, 3.05) is 59.9 Å². The van der Waals surface area contributed by atoms with Gasteiger partial charge < -0.3 is 14.7 Å². The number of pyridine rings is 1. The zero-order chi connectivity index (χ0) is 18.5. The second kappa shape index (κ2) is 8.60. The van der Waals surface area contributed by atoms with E-state index >= 15 is 0 Å². The van der Waals surface area contributed by atoms with Crippen LogP contribution in [0.2, 0.25) is 0 Å². The molecule has 0 radical (unpaired) electrons. The number of piperazine rings is 1. The number of amides is 2. The van der Waals surface area contributed by atoms with E-state index in [9.17, 15) is 9.59 Å². The molecule has 26 heavy (non-hydrogen) atoms. The third-order valence-corrected chi connectivity index (χ3v) is 5.22. The molecule has 1 atom stereocenters. The number of hydrogen-bond donors (Lipinski definition) is 0. The molecule has 0 bridgehead atoms. The maximum absolute atomic E-state index is 12.8. The first-order chi connectivity index (χ1) is 12.5. The predicted molar refractivity (Wildman–Crippen MR) is 99.3 cm³/mol. The Morgan fingerprint density at radius 1 is 1.19 bits per heavy atom. The lowest BCUT2D eigenvalue weighted by atomic mass is 10.1. The lowest BCUT2D eigenvalue weighted by molar-refractivity contribution is -0.137. The predicted octanol–water partition coefficient (Wildman–Crippen LogP) is 0.136. The fourth-order valence-electron chi connectivity index (χ4n) is 3.61. The smallest absolute Gasteiger partial charge is 0.228 e. The van der Waals surface area contributed by atoms with Gasteiger partial charge in [0.15, 0.2) is 0 Å². The van der Waals surface area contributed by atoms with Crippen molar-refractivity contribution in [3.8, 4) is 0 Å². The maximum Gasteiger partial charge on any atom is 0.228 e. The molecule has 2 aliphatic heterocycles. The van der Waals surface area contributed by atoms with Crippen molar-refractivity contribution in [3.05, 3.63) is 30.1 Å². The Morgan fingerprint density at radius 2 is 1.88 bits per heavy atom. The topological polar surface area (TPSA) is 60.0 Å². The van der Waals surface area contributed by atoms with Gasteiger partial charge in [0.25, 0.3) is 0 Å². The molecule has 1 aromatic rings. The lowest BCUT2D eigenvalue weighted by Crippen LogP contribution is -2.50. The van der Waals surface area contributed by atoms with E-state index in [-0.39, 0.29) is 17.7 Å². The van der Waals surface area contributed by atoms with E-state index in [2.05, 4.69) is 14.8 Å². The first kappa shape index (κ1) is 18.8. The summed E-state index contributed by atoms with van der Waals surface area (Å²) in [5, 5.41) is 0. The number of nitrogens with zero attached hydrogens (tertiary/aromatic N) is 5. The van der Waals surface area contributed by atoms with Crippen molar-refractivity contribution in [2.45, 2.75) is 13.0 Å². The minimum atomic E-state index is -0.170. The van der Waals surface area contributed by atoms with Gasteiger partial charge in [-0.15, -0.1) is 0 Å². The van der Waals surface area contributed by atoms with Crippen LogP contribution in [0.1, 0.15) is 12.0 Å². The van der Waals surface area contributed by atoms with E-state index in [4.69, 9.17) is 0 Å². The number of aromatic nitrogens is 1. The van der Waals surface area contributed by atoms with Crippen LogP contribution in [0.5, 0.6) is 0 Å². The second-order valence-electron chi connectivity index (χ2n) is 7.50. The first-order valence-electron chi connectivity index (χ1n) is 9.35. The minimum absolute atomic E-state index is 0.113. The van der Waals surface area contributed by atoms with Gasteiger partial charge in [-0.3, -0.25) is 19.5 Å². The summed E-state index contributed by atoms with van der Waals surface area (Å²) in [6, 6.07) is 4.06. The van der Waals surface area contributed by atoms with Gasteiger partial charge in [-0.05, 0) is 31.8 Å². The summed E-state index contributed by atoms with van der Waals surface area (Å²) in [6.45, 7) is 6.24. The average Bonchev–Trinajstić information content (AvgIpc) is 3.02. The molecule has 0 spiro atoms. The van der Waals surface area contributed by atoms with Crippen LogP contribution >= 0.6 is 0 Å². The number of rotatable bonds is 6. The van der Waals surface area contributed by atoms with Crippen LogP contribution in [0.3, 0.4) is 0 Å². The molecule has 0 saturated carbocycles. The molecule has 1 unspecified atom stereocenters. The highest BCUT2D eigenvalue weighted by atomic mass is 16.2. The molecule has 0 aliphatic carbocycles. The van der Waals surface area contributed by atoms with Crippen molar-refractivity contribution >= 4 is 11.8 Å². The van der Waals surface area contributed by atoms with E-state index < -0.39 is 0 Å². The highest BCUT2D eigenvalue weighted by molar-refractivity contribution is 5.89. The van der Waals surface area contributed by atoms with Crippen LogP contribution in [0, 0.1) is 5.92 Å². The standard InChI is InChI=1S/C19H29N5O2/c1-21(2)7-10-24-15-17(13-18(24)25)19(26)23-11-8-22(9-12-23)14-16-3-5-20-6-4-16/h3-6,17H,7-15H2,1-2H3. The fraction of sp³-hybridized carbons (Fsp3) is 0.632. The third-order valence-electron chi connectivity index (χ3n) is 5.22. The normalized spacial score (nSPS) is 21.7. The van der Waals surface area contributed by atoms with Crippen molar-refractivity contribution < 1.29 is 9.59 Å². The average molecular weight is 359 g/mol. The van der Waals surface area contributed by atoms with Crippen LogP contribution in [-0.2, 0) is 16.1 Å². The summed E-state index contributed by atoms with van der Waals surface area (Å²) in [5.74, 6) is 0.0900. The minimum Gasteiger partial charge on any atom is -0.341 e. The summed E-state index contributed by atoms with van der Waals surface area (Å²) in [4.78, 5) is 37.2. The number of carbonyl (C=O) groups excluding carboxylic acids is 2. The number of hydrogen-bond acceptors (Lipinski definition) is 5. The van der Waals surface area contributed by atoms with Gasteiger partial charge in [-0.25, -0.2) is 0 Å². The van der Waals surface area contributed by atoms with Gasteiger partial charge in [0, 0.05) is 71.2 Å². The Labute approximate surface area is 155 Å². The highest BCUT2D eigenvalue weighted by Crippen LogP contribution is 2.21. The van der Waals surface area contributed by atoms with Gasteiger partial charge in [-0.2, -0.15) is 0 Å². The molecule has 7 heteroatoms. The van der Waals surface area contributed by atoms with Crippen LogP contribution in [0.4, 0.5) is 0 Å². The van der Waals surface area contributed by atoms with E-state index in [1.165, 1.54) is 5.56 Å². The fourth-order valence-corrected chi connectivity index (χ4v) is 3.61. The van der Waals surface area contributed by atoms with Crippen LogP contribution in [-0.4, -0.2) is 96.3 Å². The summed E-state index contributed by atoms with van der Waals surface area (Å²) in [6.07, 6.45) is 3.99.